The van der Waals surface area contributed by atoms with E-state index in [1.165, 1.54) is 12.8 Å². The van der Waals surface area contributed by atoms with Crippen molar-refractivity contribution < 1.29 is 14.3 Å². The first-order valence-electron chi connectivity index (χ1n) is 6.56. The molecule has 18 heavy (non-hydrogen) atoms. The molecule has 0 aromatic carbocycles. The summed E-state index contributed by atoms with van der Waals surface area (Å²) in [7, 11) is 0. The molecule has 0 aliphatic heterocycles. The van der Waals surface area contributed by atoms with Crippen molar-refractivity contribution in [2.75, 3.05) is 19.8 Å². The summed E-state index contributed by atoms with van der Waals surface area (Å²) in [6, 6.07) is 1.67. The summed E-state index contributed by atoms with van der Waals surface area (Å²) < 4.78 is 10.1. The molecule has 102 valence electrons. The number of ether oxygens (including phenoxy) is 2. The van der Waals surface area contributed by atoms with Crippen LogP contribution in [0.3, 0.4) is 0 Å². The summed E-state index contributed by atoms with van der Waals surface area (Å²) in [6.45, 7) is 7.31. The van der Waals surface area contributed by atoms with Crippen molar-refractivity contribution in [1.29, 1.82) is 5.26 Å². The van der Waals surface area contributed by atoms with Crippen molar-refractivity contribution in [3.05, 3.63) is 12.2 Å². The molecule has 0 aliphatic carbocycles. The fourth-order valence-electron chi connectivity index (χ4n) is 1.46. The molecule has 4 heteroatoms. The fourth-order valence-corrected chi connectivity index (χ4v) is 1.46. The van der Waals surface area contributed by atoms with Crippen molar-refractivity contribution in [3.8, 4) is 6.07 Å². The molecule has 0 N–H and O–H groups in total. The highest BCUT2D eigenvalue weighted by molar-refractivity contribution is 5.91. The monoisotopic (exact) mass is 253 g/mol. The van der Waals surface area contributed by atoms with Crippen LogP contribution in [0.5, 0.6) is 0 Å². The van der Waals surface area contributed by atoms with Crippen LogP contribution in [-0.2, 0) is 14.3 Å². The molecule has 0 bridgehead atoms. The molecule has 0 saturated heterocycles. The minimum absolute atomic E-state index is 0.133. The van der Waals surface area contributed by atoms with E-state index < -0.39 is 5.97 Å². The summed E-state index contributed by atoms with van der Waals surface area (Å²) in [6.07, 6.45) is 6.52. The molecule has 0 radical (unpaired) electrons. The molecular weight excluding hydrogens is 230 g/mol. The Hall–Kier alpha value is -1.34. The third-order valence-corrected chi connectivity index (χ3v) is 2.50. The SMILES string of the molecule is C=C(C#N)C(=O)OCCCCCCCCOCC. The second-order valence-electron chi connectivity index (χ2n) is 4.04. The second-order valence-corrected chi connectivity index (χ2v) is 4.04. The van der Waals surface area contributed by atoms with E-state index in [9.17, 15) is 4.79 Å². The van der Waals surface area contributed by atoms with Gasteiger partial charge in [-0.05, 0) is 19.8 Å². The Morgan fingerprint density at radius 3 is 2.22 bits per heavy atom. The molecular formula is C14H23NO3. The van der Waals surface area contributed by atoms with Crippen LogP contribution in [0.2, 0.25) is 0 Å². The van der Waals surface area contributed by atoms with Crippen LogP contribution in [0.15, 0.2) is 12.2 Å². The van der Waals surface area contributed by atoms with Gasteiger partial charge < -0.3 is 9.47 Å². The summed E-state index contributed by atoms with van der Waals surface area (Å²) in [4.78, 5) is 11.1. The fraction of sp³-hybridized carbons (Fsp3) is 0.714. The lowest BCUT2D eigenvalue weighted by Crippen LogP contribution is -2.06. The van der Waals surface area contributed by atoms with Gasteiger partial charge in [0.1, 0.15) is 11.6 Å². The number of carbonyl (C=O) groups excluding carboxylic acids is 1. The van der Waals surface area contributed by atoms with Crippen molar-refractivity contribution in [1.82, 2.24) is 0 Å². The average Bonchev–Trinajstić information content (AvgIpc) is 2.39. The van der Waals surface area contributed by atoms with Gasteiger partial charge in [-0.1, -0.05) is 32.3 Å². The minimum atomic E-state index is -0.603. The number of unbranched alkanes of at least 4 members (excludes halogenated alkanes) is 5. The van der Waals surface area contributed by atoms with E-state index >= 15 is 0 Å². The first-order chi connectivity index (χ1) is 8.72. The van der Waals surface area contributed by atoms with Gasteiger partial charge in [-0.3, -0.25) is 0 Å². The number of hydrogen-bond donors (Lipinski definition) is 0. The highest BCUT2D eigenvalue weighted by Gasteiger charge is 2.06. The van der Waals surface area contributed by atoms with Crippen LogP contribution in [0, 0.1) is 11.3 Å². The largest absolute Gasteiger partial charge is 0.462 e. The van der Waals surface area contributed by atoms with Crippen molar-refractivity contribution >= 4 is 5.97 Å². The maximum Gasteiger partial charge on any atom is 0.348 e. The first kappa shape index (κ1) is 16.7. The van der Waals surface area contributed by atoms with Gasteiger partial charge in [-0.15, -0.1) is 0 Å². The lowest BCUT2D eigenvalue weighted by molar-refractivity contribution is -0.138. The lowest BCUT2D eigenvalue weighted by atomic mass is 10.1. The first-order valence-corrected chi connectivity index (χ1v) is 6.56. The van der Waals surface area contributed by atoms with E-state index in [1.54, 1.807) is 6.07 Å². The highest BCUT2D eigenvalue weighted by atomic mass is 16.5. The van der Waals surface area contributed by atoms with Crippen molar-refractivity contribution in [2.24, 2.45) is 0 Å². The van der Waals surface area contributed by atoms with Gasteiger partial charge in [-0.2, -0.15) is 5.26 Å². The summed E-state index contributed by atoms with van der Waals surface area (Å²) in [5, 5.41) is 8.41. The normalized spacial score (nSPS) is 9.78. The Morgan fingerprint density at radius 2 is 1.67 bits per heavy atom. The number of hydrogen-bond acceptors (Lipinski definition) is 4. The van der Waals surface area contributed by atoms with Gasteiger partial charge in [-0.25, -0.2) is 4.79 Å². The predicted molar refractivity (Wildman–Crippen MR) is 69.9 cm³/mol. The van der Waals surface area contributed by atoms with Gasteiger partial charge in [0.05, 0.1) is 6.61 Å². The summed E-state index contributed by atoms with van der Waals surface area (Å²) >= 11 is 0. The molecule has 0 aliphatic rings. The van der Waals surface area contributed by atoms with E-state index in [4.69, 9.17) is 14.7 Å². The maximum atomic E-state index is 11.1. The minimum Gasteiger partial charge on any atom is -0.462 e. The van der Waals surface area contributed by atoms with Crippen LogP contribution in [0.1, 0.15) is 45.4 Å². The molecule has 0 heterocycles. The number of rotatable bonds is 11. The Labute approximate surface area is 110 Å². The number of carbonyl (C=O) groups is 1. The standard InChI is InChI=1S/C14H23NO3/c1-3-17-10-8-6-4-5-7-9-11-18-14(16)13(2)12-15/h2-11H2,1H3. The zero-order chi connectivity index (χ0) is 13.6. The second kappa shape index (κ2) is 12.1. The summed E-state index contributed by atoms with van der Waals surface area (Å²) in [5.74, 6) is -0.603. The number of nitriles is 1. The van der Waals surface area contributed by atoms with E-state index in [2.05, 4.69) is 6.58 Å². The number of nitrogens with zero attached hydrogens (tertiary/aromatic N) is 1. The highest BCUT2D eigenvalue weighted by Crippen LogP contribution is 2.06. The molecule has 0 atom stereocenters. The molecule has 0 fully saturated rings. The molecule has 0 rings (SSSR count). The summed E-state index contributed by atoms with van der Waals surface area (Å²) in [5.41, 5.74) is -0.133. The topological polar surface area (TPSA) is 59.3 Å². The van der Waals surface area contributed by atoms with Crippen molar-refractivity contribution in [2.45, 2.75) is 45.4 Å². The zero-order valence-corrected chi connectivity index (χ0v) is 11.2. The van der Waals surface area contributed by atoms with Crippen LogP contribution >= 0.6 is 0 Å². The van der Waals surface area contributed by atoms with Gasteiger partial charge in [0.15, 0.2) is 0 Å². The molecule has 0 aromatic rings. The molecule has 0 spiro atoms. The van der Waals surface area contributed by atoms with E-state index in [1.807, 2.05) is 6.92 Å². The van der Waals surface area contributed by atoms with Gasteiger partial charge in [0, 0.05) is 13.2 Å². The molecule has 0 aromatic heterocycles. The van der Waals surface area contributed by atoms with E-state index in [0.717, 1.165) is 38.9 Å². The smallest absolute Gasteiger partial charge is 0.348 e. The van der Waals surface area contributed by atoms with E-state index in [0.29, 0.717) is 6.61 Å². The quantitative estimate of drug-likeness (QED) is 0.246. The molecule has 0 unspecified atom stereocenters. The van der Waals surface area contributed by atoms with E-state index in [-0.39, 0.29) is 5.57 Å². The van der Waals surface area contributed by atoms with Crippen LogP contribution in [0.25, 0.3) is 0 Å². The van der Waals surface area contributed by atoms with Crippen molar-refractivity contribution in [3.63, 3.8) is 0 Å². The third-order valence-electron chi connectivity index (χ3n) is 2.50. The molecule has 0 saturated carbocycles. The molecule has 0 amide bonds. The zero-order valence-electron chi connectivity index (χ0n) is 11.2. The van der Waals surface area contributed by atoms with Crippen LogP contribution in [0.4, 0.5) is 0 Å². The Bertz CT molecular complexity index is 281. The maximum absolute atomic E-state index is 11.1. The number of esters is 1. The third kappa shape index (κ3) is 9.86. The van der Waals surface area contributed by atoms with Gasteiger partial charge in [0.25, 0.3) is 0 Å². The molecule has 4 nitrogen and oxygen atoms in total. The van der Waals surface area contributed by atoms with Crippen LogP contribution < -0.4 is 0 Å². The van der Waals surface area contributed by atoms with Gasteiger partial charge in [0.2, 0.25) is 0 Å². The van der Waals surface area contributed by atoms with Gasteiger partial charge >= 0.3 is 5.97 Å². The Balaban J connectivity index is 3.19. The lowest BCUT2D eigenvalue weighted by Gasteiger charge is -2.04. The van der Waals surface area contributed by atoms with Crippen LogP contribution in [-0.4, -0.2) is 25.8 Å². The predicted octanol–water partition coefficient (Wildman–Crippen LogP) is 2.99. The Morgan fingerprint density at radius 1 is 1.11 bits per heavy atom. The Kier molecular flexibility index (Phi) is 11.2. The average molecular weight is 253 g/mol.